The Labute approximate surface area is 179 Å². The van der Waals surface area contributed by atoms with Crippen LogP contribution in [0.4, 0.5) is 0 Å². The Balaban J connectivity index is 1.84. The topological polar surface area (TPSA) is 84.9 Å². The third-order valence-corrected chi connectivity index (χ3v) is 6.38. The monoisotopic (exact) mass is 434 g/mol. The van der Waals surface area contributed by atoms with Crippen molar-refractivity contribution in [3.8, 4) is 11.5 Å². The molecule has 0 heterocycles. The molecule has 7 nitrogen and oxygen atoms in total. The highest BCUT2D eigenvalue weighted by molar-refractivity contribution is 7.89. The summed E-state index contributed by atoms with van der Waals surface area (Å²) in [5, 5.41) is 2.82. The van der Waals surface area contributed by atoms with Gasteiger partial charge >= 0.3 is 0 Å². The highest BCUT2D eigenvalue weighted by atomic mass is 32.2. The van der Waals surface area contributed by atoms with Gasteiger partial charge in [-0.15, -0.1) is 0 Å². The van der Waals surface area contributed by atoms with Gasteiger partial charge in [-0.3, -0.25) is 4.79 Å². The molecule has 1 atom stereocenters. The molecule has 0 aliphatic carbocycles. The zero-order chi connectivity index (χ0) is 22.3. The van der Waals surface area contributed by atoms with E-state index in [1.54, 1.807) is 12.1 Å². The summed E-state index contributed by atoms with van der Waals surface area (Å²) in [5.74, 6) is 1.04. The molecule has 0 saturated heterocycles. The van der Waals surface area contributed by atoms with Gasteiger partial charge in [-0.1, -0.05) is 19.1 Å². The van der Waals surface area contributed by atoms with E-state index in [0.717, 1.165) is 15.4 Å². The molecule has 8 heteroatoms. The van der Waals surface area contributed by atoms with Crippen LogP contribution in [0, 0.1) is 13.8 Å². The summed E-state index contributed by atoms with van der Waals surface area (Å²) >= 11 is 0. The van der Waals surface area contributed by atoms with Crippen LogP contribution in [-0.4, -0.2) is 52.0 Å². The van der Waals surface area contributed by atoms with Crippen molar-refractivity contribution in [2.24, 2.45) is 0 Å². The quantitative estimate of drug-likeness (QED) is 0.581. The van der Waals surface area contributed by atoms with E-state index in [4.69, 9.17) is 9.47 Å². The van der Waals surface area contributed by atoms with Crippen molar-refractivity contribution in [1.29, 1.82) is 0 Å². The fourth-order valence-electron chi connectivity index (χ4n) is 2.69. The largest absolute Gasteiger partial charge is 0.492 e. The Morgan fingerprint density at radius 2 is 1.77 bits per heavy atom. The number of amides is 1. The Bertz CT molecular complexity index is 956. The van der Waals surface area contributed by atoms with E-state index < -0.39 is 16.1 Å². The number of aryl methyl sites for hydroxylation is 2. The van der Waals surface area contributed by atoms with Gasteiger partial charge in [0.2, 0.25) is 10.0 Å². The maximum Gasteiger partial charge on any atom is 0.261 e. The molecule has 2 aromatic carbocycles. The standard InChI is InChI=1S/C22H30N2O5S/c1-6-20(29-21-15-16(2)7-8-17(21)3)22(25)23-13-14-28-18-9-11-19(12-10-18)30(26,27)24(4)5/h7-12,15,20H,6,13-14H2,1-5H3,(H,23,25)/t20-/m0/s1. The molecule has 0 aromatic heterocycles. The van der Waals surface area contributed by atoms with Gasteiger partial charge in [0.15, 0.2) is 6.10 Å². The molecular weight excluding hydrogens is 404 g/mol. The predicted octanol–water partition coefficient (Wildman–Crippen LogP) is 2.91. The van der Waals surface area contributed by atoms with Gasteiger partial charge in [0.05, 0.1) is 11.4 Å². The lowest BCUT2D eigenvalue weighted by atomic mass is 10.1. The zero-order valence-corrected chi connectivity index (χ0v) is 19.0. The molecule has 0 bridgehead atoms. The molecular formula is C22H30N2O5S. The first kappa shape index (κ1) is 23.7. The first-order chi connectivity index (χ1) is 14.1. The van der Waals surface area contributed by atoms with Crippen LogP contribution in [-0.2, 0) is 14.8 Å². The number of rotatable bonds is 10. The first-order valence-corrected chi connectivity index (χ1v) is 11.3. The number of nitrogens with one attached hydrogen (secondary N) is 1. The minimum atomic E-state index is -3.47. The molecule has 0 saturated carbocycles. The van der Waals surface area contributed by atoms with Gasteiger partial charge in [0, 0.05) is 14.1 Å². The summed E-state index contributed by atoms with van der Waals surface area (Å²) in [7, 11) is -0.503. The number of ether oxygens (including phenoxy) is 2. The van der Waals surface area contributed by atoms with Gasteiger partial charge in [-0.05, 0) is 61.7 Å². The fourth-order valence-corrected chi connectivity index (χ4v) is 3.59. The maximum atomic E-state index is 12.4. The van der Waals surface area contributed by atoms with Crippen LogP contribution in [0.1, 0.15) is 24.5 Å². The smallest absolute Gasteiger partial charge is 0.261 e. The lowest BCUT2D eigenvalue weighted by Crippen LogP contribution is -2.39. The van der Waals surface area contributed by atoms with Gasteiger partial charge in [-0.25, -0.2) is 12.7 Å². The normalized spacial score (nSPS) is 12.5. The highest BCUT2D eigenvalue weighted by Crippen LogP contribution is 2.21. The minimum Gasteiger partial charge on any atom is -0.492 e. The van der Waals surface area contributed by atoms with Crippen molar-refractivity contribution >= 4 is 15.9 Å². The third kappa shape index (κ3) is 6.21. The molecule has 1 N–H and O–H groups in total. The number of sulfonamides is 1. The number of nitrogens with zero attached hydrogens (tertiary/aromatic N) is 1. The Morgan fingerprint density at radius 1 is 1.10 bits per heavy atom. The molecule has 2 aromatic rings. The lowest BCUT2D eigenvalue weighted by Gasteiger charge is -2.19. The summed E-state index contributed by atoms with van der Waals surface area (Å²) in [4.78, 5) is 12.6. The van der Waals surface area contributed by atoms with E-state index in [2.05, 4.69) is 5.32 Å². The average molecular weight is 435 g/mol. The maximum absolute atomic E-state index is 12.4. The van der Waals surface area contributed by atoms with Crippen molar-refractivity contribution in [2.45, 2.75) is 38.2 Å². The SMILES string of the molecule is CC[C@H](Oc1cc(C)ccc1C)C(=O)NCCOc1ccc(S(=O)(=O)N(C)C)cc1. The van der Waals surface area contributed by atoms with E-state index in [1.807, 2.05) is 39.0 Å². The summed E-state index contributed by atoms with van der Waals surface area (Å²) < 4.78 is 36.8. The summed E-state index contributed by atoms with van der Waals surface area (Å²) in [5.41, 5.74) is 2.05. The lowest BCUT2D eigenvalue weighted by molar-refractivity contribution is -0.128. The van der Waals surface area contributed by atoms with Crippen LogP contribution < -0.4 is 14.8 Å². The average Bonchev–Trinajstić information content (AvgIpc) is 2.71. The van der Waals surface area contributed by atoms with Crippen LogP contribution in [0.25, 0.3) is 0 Å². The minimum absolute atomic E-state index is 0.197. The van der Waals surface area contributed by atoms with Crippen molar-refractivity contribution in [3.63, 3.8) is 0 Å². The molecule has 30 heavy (non-hydrogen) atoms. The van der Waals surface area contributed by atoms with Crippen molar-refractivity contribution < 1.29 is 22.7 Å². The number of carbonyl (C=O) groups excluding carboxylic acids is 1. The van der Waals surface area contributed by atoms with Gasteiger partial charge in [0.1, 0.15) is 18.1 Å². The van der Waals surface area contributed by atoms with Gasteiger partial charge < -0.3 is 14.8 Å². The second-order valence-corrected chi connectivity index (χ2v) is 9.33. The predicted molar refractivity (Wildman–Crippen MR) is 116 cm³/mol. The van der Waals surface area contributed by atoms with Crippen LogP contribution >= 0.6 is 0 Å². The van der Waals surface area contributed by atoms with E-state index in [9.17, 15) is 13.2 Å². The molecule has 0 fully saturated rings. The summed E-state index contributed by atoms with van der Waals surface area (Å²) in [6, 6.07) is 12.1. The zero-order valence-electron chi connectivity index (χ0n) is 18.1. The number of hydrogen-bond donors (Lipinski definition) is 1. The third-order valence-electron chi connectivity index (χ3n) is 4.55. The van der Waals surface area contributed by atoms with Gasteiger partial charge in [0.25, 0.3) is 5.91 Å². The molecule has 0 aliphatic heterocycles. The van der Waals surface area contributed by atoms with Crippen LogP contribution in [0.15, 0.2) is 47.4 Å². The highest BCUT2D eigenvalue weighted by Gasteiger charge is 2.19. The Hall–Kier alpha value is -2.58. The van der Waals surface area contributed by atoms with Crippen LogP contribution in [0.2, 0.25) is 0 Å². The molecule has 1 amide bonds. The number of hydrogen-bond acceptors (Lipinski definition) is 5. The van der Waals surface area contributed by atoms with Crippen LogP contribution in [0.3, 0.4) is 0 Å². The number of carbonyl (C=O) groups is 1. The van der Waals surface area contributed by atoms with E-state index in [0.29, 0.717) is 24.5 Å². The van der Waals surface area contributed by atoms with Crippen molar-refractivity contribution in [3.05, 3.63) is 53.6 Å². The van der Waals surface area contributed by atoms with Crippen molar-refractivity contribution in [2.75, 3.05) is 27.2 Å². The Morgan fingerprint density at radius 3 is 2.37 bits per heavy atom. The summed E-state index contributed by atoms with van der Waals surface area (Å²) in [6.07, 6.45) is -0.0389. The molecule has 0 spiro atoms. The van der Waals surface area contributed by atoms with Crippen LogP contribution in [0.5, 0.6) is 11.5 Å². The molecule has 2 rings (SSSR count). The molecule has 0 radical (unpaired) electrons. The fraction of sp³-hybridized carbons (Fsp3) is 0.409. The number of benzene rings is 2. The Kier molecular flexibility index (Phi) is 8.25. The van der Waals surface area contributed by atoms with Gasteiger partial charge in [-0.2, -0.15) is 0 Å². The van der Waals surface area contributed by atoms with Crippen molar-refractivity contribution in [1.82, 2.24) is 9.62 Å². The van der Waals surface area contributed by atoms with E-state index >= 15 is 0 Å². The molecule has 0 aliphatic rings. The molecule has 164 valence electrons. The first-order valence-electron chi connectivity index (χ1n) is 9.82. The second kappa shape index (κ2) is 10.4. The van der Waals surface area contributed by atoms with E-state index in [1.165, 1.54) is 26.2 Å². The second-order valence-electron chi connectivity index (χ2n) is 7.18. The molecule has 0 unspecified atom stereocenters. The van der Waals surface area contributed by atoms with E-state index in [-0.39, 0.29) is 17.4 Å². The summed E-state index contributed by atoms with van der Waals surface area (Å²) in [6.45, 7) is 6.39.